The lowest BCUT2D eigenvalue weighted by Gasteiger charge is -2.25. The summed E-state index contributed by atoms with van der Waals surface area (Å²) in [5, 5.41) is 4.06. The van der Waals surface area contributed by atoms with E-state index in [1.807, 2.05) is 6.92 Å². The van der Waals surface area contributed by atoms with Crippen LogP contribution in [0.15, 0.2) is 19.0 Å². The molecule has 7 heteroatoms. The van der Waals surface area contributed by atoms with Crippen molar-refractivity contribution in [3.8, 4) is 11.7 Å². The highest BCUT2D eigenvalue weighted by molar-refractivity contribution is 5.37. The van der Waals surface area contributed by atoms with Crippen LogP contribution in [0.5, 0.6) is 5.88 Å². The number of nitrogens with zero attached hydrogens (tertiary/aromatic N) is 5. The second-order valence-electron chi connectivity index (χ2n) is 4.96. The molecule has 0 bridgehead atoms. The van der Waals surface area contributed by atoms with Crippen molar-refractivity contribution in [2.75, 3.05) is 0 Å². The molecular formula is C13H16FN5O. The van der Waals surface area contributed by atoms with Crippen molar-refractivity contribution in [3.05, 3.63) is 24.5 Å². The van der Waals surface area contributed by atoms with Gasteiger partial charge < -0.3 is 4.74 Å². The van der Waals surface area contributed by atoms with Gasteiger partial charge in [-0.15, -0.1) is 0 Å². The molecule has 106 valence electrons. The van der Waals surface area contributed by atoms with Crippen molar-refractivity contribution in [2.24, 2.45) is 0 Å². The number of alkyl halides is 1. The van der Waals surface area contributed by atoms with Gasteiger partial charge in [-0.05, 0) is 32.6 Å². The first-order chi connectivity index (χ1) is 9.74. The minimum atomic E-state index is -0.688. The quantitative estimate of drug-likeness (QED) is 0.858. The van der Waals surface area contributed by atoms with E-state index in [0.29, 0.717) is 24.5 Å². The molecule has 0 N–H and O–H groups in total. The van der Waals surface area contributed by atoms with E-state index in [0.717, 1.165) is 18.4 Å². The lowest BCUT2D eigenvalue weighted by molar-refractivity contribution is 0.108. The molecule has 0 saturated heterocycles. The molecule has 1 saturated carbocycles. The second-order valence-corrected chi connectivity index (χ2v) is 4.96. The van der Waals surface area contributed by atoms with Crippen LogP contribution in [0.25, 0.3) is 5.82 Å². The van der Waals surface area contributed by atoms with Gasteiger partial charge in [-0.1, -0.05) is 0 Å². The molecule has 0 atom stereocenters. The zero-order chi connectivity index (χ0) is 13.9. The van der Waals surface area contributed by atoms with Crippen molar-refractivity contribution < 1.29 is 9.13 Å². The van der Waals surface area contributed by atoms with Crippen LogP contribution in [0.1, 0.15) is 31.2 Å². The van der Waals surface area contributed by atoms with E-state index < -0.39 is 6.17 Å². The number of halogens is 1. The molecule has 0 radical (unpaired) electrons. The van der Waals surface area contributed by atoms with Crippen LogP contribution >= 0.6 is 0 Å². The van der Waals surface area contributed by atoms with Crippen molar-refractivity contribution in [1.29, 1.82) is 0 Å². The Bertz CT molecular complexity index is 566. The Hall–Kier alpha value is -2.05. The minimum Gasteiger partial charge on any atom is -0.474 e. The predicted octanol–water partition coefficient (Wildman–Crippen LogP) is 2.03. The highest BCUT2D eigenvalue weighted by Gasteiger charge is 2.23. The van der Waals surface area contributed by atoms with Gasteiger partial charge in [0, 0.05) is 0 Å². The topological polar surface area (TPSA) is 65.7 Å². The number of hydrogen-bond acceptors (Lipinski definition) is 5. The van der Waals surface area contributed by atoms with Crippen molar-refractivity contribution >= 4 is 0 Å². The molecule has 3 rings (SSSR count). The molecule has 0 aliphatic heterocycles. The third kappa shape index (κ3) is 2.61. The minimum absolute atomic E-state index is 0.0270. The van der Waals surface area contributed by atoms with E-state index in [1.54, 1.807) is 11.0 Å². The van der Waals surface area contributed by atoms with Crippen LogP contribution < -0.4 is 4.74 Å². The normalized spacial score (nSPS) is 22.7. The SMILES string of the molecule is Cc1c(OC2CCC(F)CC2)ncnc1-n1cncn1. The number of ether oxygens (including phenoxy) is 1. The van der Waals surface area contributed by atoms with Crippen LogP contribution in [-0.4, -0.2) is 37.0 Å². The molecule has 1 fully saturated rings. The third-order valence-electron chi connectivity index (χ3n) is 3.53. The number of rotatable bonds is 3. The first kappa shape index (κ1) is 13.0. The van der Waals surface area contributed by atoms with Gasteiger partial charge in [0.25, 0.3) is 0 Å². The molecule has 1 aliphatic rings. The Kier molecular flexibility index (Phi) is 3.58. The maximum atomic E-state index is 13.1. The molecule has 0 amide bonds. The summed E-state index contributed by atoms with van der Waals surface area (Å²) in [5.74, 6) is 1.18. The molecule has 0 unspecified atom stereocenters. The third-order valence-corrected chi connectivity index (χ3v) is 3.53. The highest BCUT2D eigenvalue weighted by Crippen LogP contribution is 2.27. The van der Waals surface area contributed by atoms with E-state index >= 15 is 0 Å². The number of hydrogen-bond donors (Lipinski definition) is 0. The van der Waals surface area contributed by atoms with Crippen molar-refractivity contribution in [1.82, 2.24) is 24.7 Å². The second kappa shape index (κ2) is 5.52. The Morgan fingerprint density at radius 2 is 2.00 bits per heavy atom. The molecule has 20 heavy (non-hydrogen) atoms. The lowest BCUT2D eigenvalue weighted by atomic mass is 9.96. The fraction of sp³-hybridized carbons (Fsp3) is 0.538. The van der Waals surface area contributed by atoms with Gasteiger partial charge in [0.2, 0.25) is 5.88 Å². The van der Waals surface area contributed by atoms with Gasteiger partial charge in [0.05, 0.1) is 5.56 Å². The molecule has 0 aromatic carbocycles. The Labute approximate surface area is 116 Å². The van der Waals surface area contributed by atoms with Gasteiger partial charge in [-0.3, -0.25) is 0 Å². The maximum absolute atomic E-state index is 13.1. The smallest absolute Gasteiger partial charge is 0.221 e. The zero-order valence-corrected chi connectivity index (χ0v) is 11.2. The van der Waals surface area contributed by atoms with E-state index in [9.17, 15) is 4.39 Å². The van der Waals surface area contributed by atoms with Crippen LogP contribution in [0, 0.1) is 6.92 Å². The highest BCUT2D eigenvalue weighted by atomic mass is 19.1. The molecule has 2 aromatic rings. The molecular weight excluding hydrogens is 261 g/mol. The monoisotopic (exact) mass is 277 g/mol. The van der Waals surface area contributed by atoms with Gasteiger partial charge in [0.1, 0.15) is 31.3 Å². The summed E-state index contributed by atoms with van der Waals surface area (Å²) in [6, 6.07) is 0. The first-order valence-electron chi connectivity index (χ1n) is 6.71. The summed E-state index contributed by atoms with van der Waals surface area (Å²) < 4.78 is 20.6. The maximum Gasteiger partial charge on any atom is 0.221 e. The zero-order valence-electron chi connectivity index (χ0n) is 11.2. The van der Waals surface area contributed by atoms with Gasteiger partial charge in [-0.25, -0.2) is 24.0 Å². The summed E-state index contributed by atoms with van der Waals surface area (Å²) in [6.45, 7) is 1.88. The lowest BCUT2D eigenvalue weighted by Crippen LogP contribution is -2.25. The molecule has 0 spiro atoms. The summed E-state index contributed by atoms with van der Waals surface area (Å²) >= 11 is 0. The average Bonchev–Trinajstić information content (AvgIpc) is 2.97. The standard InChI is InChI=1S/C13H16FN5O/c1-9-12(19-8-15-6-18-19)16-7-17-13(9)20-11-4-2-10(14)3-5-11/h6-8,10-11H,2-5H2,1H3. The van der Waals surface area contributed by atoms with E-state index in [2.05, 4.69) is 20.1 Å². The van der Waals surface area contributed by atoms with E-state index in [4.69, 9.17) is 4.74 Å². The van der Waals surface area contributed by atoms with Gasteiger partial charge in [0.15, 0.2) is 5.82 Å². The van der Waals surface area contributed by atoms with Crippen molar-refractivity contribution in [3.63, 3.8) is 0 Å². The largest absolute Gasteiger partial charge is 0.474 e. The molecule has 2 heterocycles. The first-order valence-corrected chi connectivity index (χ1v) is 6.71. The van der Waals surface area contributed by atoms with E-state index in [-0.39, 0.29) is 6.10 Å². The molecule has 1 aliphatic carbocycles. The average molecular weight is 277 g/mol. The van der Waals surface area contributed by atoms with Crippen LogP contribution in [0.3, 0.4) is 0 Å². The van der Waals surface area contributed by atoms with Gasteiger partial charge in [-0.2, -0.15) is 5.10 Å². The summed E-state index contributed by atoms with van der Waals surface area (Å²) in [5.41, 5.74) is 0.806. The molecule has 2 aromatic heterocycles. The van der Waals surface area contributed by atoms with Crippen LogP contribution in [-0.2, 0) is 0 Å². The fourth-order valence-corrected chi connectivity index (χ4v) is 2.39. The Morgan fingerprint density at radius 1 is 1.20 bits per heavy atom. The van der Waals surface area contributed by atoms with Crippen LogP contribution in [0.2, 0.25) is 0 Å². The summed E-state index contributed by atoms with van der Waals surface area (Å²) in [7, 11) is 0. The van der Waals surface area contributed by atoms with Crippen molar-refractivity contribution in [2.45, 2.75) is 44.9 Å². The van der Waals surface area contributed by atoms with Crippen LogP contribution in [0.4, 0.5) is 4.39 Å². The number of aromatic nitrogens is 5. The summed E-state index contributed by atoms with van der Waals surface area (Å²) in [6.07, 6.45) is 6.38. The molecule has 6 nitrogen and oxygen atoms in total. The predicted molar refractivity (Wildman–Crippen MR) is 69.5 cm³/mol. The summed E-state index contributed by atoms with van der Waals surface area (Å²) in [4.78, 5) is 12.3. The van der Waals surface area contributed by atoms with E-state index in [1.165, 1.54) is 12.7 Å². The van der Waals surface area contributed by atoms with Gasteiger partial charge >= 0.3 is 0 Å². The fourth-order valence-electron chi connectivity index (χ4n) is 2.39. The Morgan fingerprint density at radius 3 is 2.70 bits per heavy atom. The Balaban J connectivity index is 1.79.